The predicted octanol–water partition coefficient (Wildman–Crippen LogP) is 2.34. The van der Waals surface area contributed by atoms with Gasteiger partial charge in [0.25, 0.3) is 0 Å². The number of nitrogens with one attached hydrogen (secondary N) is 1. The summed E-state index contributed by atoms with van der Waals surface area (Å²) in [6, 6.07) is 2.06. The molecule has 0 unspecified atom stereocenters. The molecule has 2 rings (SSSR count). The maximum Gasteiger partial charge on any atom is 0.410 e. The van der Waals surface area contributed by atoms with Gasteiger partial charge >= 0.3 is 12.1 Å². The summed E-state index contributed by atoms with van der Waals surface area (Å²) in [4.78, 5) is 24.7. The van der Waals surface area contributed by atoms with Crippen LogP contribution in [0.5, 0.6) is 0 Å². The first kappa shape index (κ1) is 17.7. The minimum atomic E-state index is -0.864. The number of carbonyl (C=O) groups excluding carboxylic acids is 1. The van der Waals surface area contributed by atoms with Gasteiger partial charge in [-0.25, -0.2) is 4.79 Å². The van der Waals surface area contributed by atoms with E-state index in [1.165, 1.54) is 5.56 Å². The van der Waals surface area contributed by atoms with E-state index in [1.54, 1.807) is 16.2 Å². The van der Waals surface area contributed by atoms with Gasteiger partial charge < -0.3 is 20.1 Å². The molecule has 0 saturated carbocycles. The lowest BCUT2D eigenvalue weighted by atomic mass is 9.86. The number of nitrogens with zero attached hydrogens (tertiary/aromatic N) is 1. The van der Waals surface area contributed by atoms with Gasteiger partial charge in [-0.15, -0.1) is 0 Å². The molecule has 1 aliphatic heterocycles. The number of aliphatic carboxylic acids is 1. The van der Waals surface area contributed by atoms with Crippen molar-refractivity contribution in [3.63, 3.8) is 0 Å². The highest BCUT2D eigenvalue weighted by Gasteiger charge is 2.47. The van der Waals surface area contributed by atoms with Crippen LogP contribution in [0.1, 0.15) is 32.8 Å². The molecule has 1 aromatic rings. The molecule has 1 amide bonds. The molecule has 7 heteroatoms. The first-order valence-electron chi connectivity index (χ1n) is 7.65. The van der Waals surface area contributed by atoms with E-state index in [4.69, 9.17) is 9.84 Å². The van der Waals surface area contributed by atoms with Crippen molar-refractivity contribution in [3.8, 4) is 0 Å². The number of carboxylic acids is 1. The zero-order chi connectivity index (χ0) is 17.1. The average Bonchev–Trinajstić information content (AvgIpc) is 2.85. The van der Waals surface area contributed by atoms with Gasteiger partial charge in [0.05, 0.1) is 12.0 Å². The Morgan fingerprint density at radius 3 is 2.65 bits per heavy atom. The highest BCUT2D eigenvalue weighted by Crippen LogP contribution is 2.27. The van der Waals surface area contributed by atoms with E-state index in [1.807, 2.05) is 26.2 Å². The number of thiophene rings is 1. The van der Waals surface area contributed by atoms with Gasteiger partial charge in [-0.1, -0.05) is 0 Å². The van der Waals surface area contributed by atoms with Gasteiger partial charge in [-0.3, -0.25) is 4.79 Å². The molecule has 0 spiro atoms. The van der Waals surface area contributed by atoms with E-state index in [0.29, 0.717) is 19.6 Å². The van der Waals surface area contributed by atoms with Gasteiger partial charge in [0.15, 0.2) is 0 Å². The molecule has 1 aliphatic rings. The van der Waals surface area contributed by atoms with Crippen LogP contribution < -0.4 is 5.32 Å². The van der Waals surface area contributed by atoms with E-state index in [0.717, 1.165) is 6.42 Å². The van der Waals surface area contributed by atoms with Crippen molar-refractivity contribution in [2.45, 2.75) is 44.8 Å². The van der Waals surface area contributed by atoms with Crippen LogP contribution in [-0.4, -0.2) is 52.8 Å². The average molecular weight is 340 g/mol. The lowest BCUT2D eigenvalue weighted by molar-refractivity contribution is -0.141. The molecule has 1 aromatic heterocycles. The molecule has 0 aliphatic carbocycles. The van der Waals surface area contributed by atoms with Crippen molar-refractivity contribution < 1.29 is 19.4 Å². The summed E-state index contributed by atoms with van der Waals surface area (Å²) in [6.45, 7) is 6.85. The molecule has 0 atom stereocenters. The number of carboxylic acid groups (broad SMARTS) is 1. The van der Waals surface area contributed by atoms with Crippen LogP contribution >= 0.6 is 11.3 Å². The van der Waals surface area contributed by atoms with E-state index < -0.39 is 23.2 Å². The molecule has 2 heterocycles. The van der Waals surface area contributed by atoms with Crippen LogP contribution in [0.2, 0.25) is 0 Å². The van der Waals surface area contributed by atoms with Gasteiger partial charge in [-0.05, 0) is 56.1 Å². The van der Waals surface area contributed by atoms with Crippen molar-refractivity contribution in [1.82, 2.24) is 10.2 Å². The Kier molecular flexibility index (Phi) is 5.31. The molecule has 23 heavy (non-hydrogen) atoms. The molecular formula is C16H24N2O4S. The summed E-state index contributed by atoms with van der Waals surface area (Å²) in [5, 5.41) is 16.6. The summed E-state index contributed by atoms with van der Waals surface area (Å²) in [7, 11) is 0. The number of likely N-dealkylation sites (tertiary alicyclic amines) is 1. The second-order valence-corrected chi connectivity index (χ2v) is 7.78. The second kappa shape index (κ2) is 6.88. The third-order valence-corrected chi connectivity index (χ3v) is 4.35. The smallest absolute Gasteiger partial charge is 0.410 e. The lowest BCUT2D eigenvalue weighted by Crippen LogP contribution is -2.71. The molecule has 6 nitrogen and oxygen atoms in total. The Hall–Kier alpha value is -1.60. The third-order valence-electron chi connectivity index (χ3n) is 3.62. The number of ether oxygens (including phenoxy) is 1. The van der Waals surface area contributed by atoms with Crippen LogP contribution in [0.3, 0.4) is 0 Å². The zero-order valence-corrected chi connectivity index (χ0v) is 14.6. The van der Waals surface area contributed by atoms with Gasteiger partial charge in [0.2, 0.25) is 0 Å². The summed E-state index contributed by atoms with van der Waals surface area (Å²) in [5.41, 5.74) is 0.129. The summed E-state index contributed by atoms with van der Waals surface area (Å²) < 4.78 is 5.32. The van der Waals surface area contributed by atoms with Gasteiger partial charge in [-0.2, -0.15) is 11.3 Å². The number of hydrogen-bond acceptors (Lipinski definition) is 5. The third kappa shape index (κ3) is 5.21. The normalized spacial score (nSPS) is 16.7. The first-order chi connectivity index (χ1) is 10.7. The SMILES string of the molecule is CC(C)(C)OC(=O)N1CC(CC(=O)O)(NCCc2ccsc2)C1. The maximum absolute atomic E-state index is 12.0. The van der Waals surface area contributed by atoms with Crippen LogP contribution in [0, 0.1) is 0 Å². The lowest BCUT2D eigenvalue weighted by Gasteiger charge is -2.49. The highest BCUT2D eigenvalue weighted by molar-refractivity contribution is 7.07. The number of hydrogen-bond donors (Lipinski definition) is 2. The molecule has 0 bridgehead atoms. The van der Waals surface area contributed by atoms with Crippen LogP contribution in [0.25, 0.3) is 0 Å². The number of carbonyl (C=O) groups is 2. The highest BCUT2D eigenvalue weighted by atomic mass is 32.1. The molecule has 128 valence electrons. The fourth-order valence-corrected chi connectivity index (χ4v) is 3.33. The van der Waals surface area contributed by atoms with Crippen molar-refractivity contribution in [1.29, 1.82) is 0 Å². The van der Waals surface area contributed by atoms with Crippen molar-refractivity contribution in [3.05, 3.63) is 22.4 Å². The molecule has 1 fully saturated rings. The molecule has 1 saturated heterocycles. The van der Waals surface area contributed by atoms with E-state index in [9.17, 15) is 9.59 Å². The summed E-state index contributed by atoms with van der Waals surface area (Å²) in [6.07, 6.45) is 0.450. The molecular weight excluding hydrogens is 316 g/mol. The Balaban J connectivity index is 1.86. The molecule has 2 N–H and O–H groups in total. The Morgan fingerprint density at radius 2 is 2.13 bits per heavy atom. The van der Waals surface area contributed by atoms with Crippen molar-refractivity contribution in [2.75, 3.05) is 19.6 Å². The Morgan fingerprint density at radius 1 is 1.43 bits per heavy atom. The quantitative estimate of drug-likeness (QED) is 0.831. The minimum absolute atomic E-state index is 0.00403. The predicted molar refractivity (Wildman–Crippen MR) is 88.8 cm³/mol. The monoisotopic (exact) mass is 340 g/mol. The zero-order valence-electron chi connectivity index (χ0n) is 13.8. The van der Waals surface area contributed by atoms with Gasteiger partial charge in [0, 0.05) is 13.1 Å². The van der Waals surface area contributed by atoms with Crippen molar-refractivity contribution >= 4 is 23.4 Å². The van der Waals surface area contributed by atoms with E-state index in [2.05, 4.69) is 16.8 Å². The standard InChI is InChI=1S/C16H24N2O4S/c1-15(2,3)22-14(21)18-10-16(11-18,8-13(19)20)17-6-4-12-5-7-23-9-12/h5,7,9,17H,4,6,8,10-11H2,1-3H3,(H,19,20). The van der Waals surface area contributed by atoms with E-state index in [-0.39, 0.29) is 6.42 Å². The van der Waals surface area contributed by atoms with Crippen LogP contribution in [0.4, 0.5) is 4.79 Å². The van der Waals surface area contributed by atoms with E-state index >= 15 is 0 Å². The van der Waals surface area contributed by atoms with Crippen LogP contribution in [0.15, 0.2) is 16.8 Å². The molecule has 0 radical (unpaired) electrons. The summed E-state index contributed by atoms with van der Waals surface area (Å²) >= 11 is 1.65. The fourth-order valence-electron chi connectivity index (χ4n) is 2.62. The fraction of sp³-hybridized carbons (Fsp3) is 0.625. The topological polar surface area (TPSA) is 78.9 Å². The first-order valence-corrected chi connectivity index (χ1v) is 8.59. The number of amides is 1. The largest absolute Gasteiger partial charge is 0.481 e. The summed E-state index contributed by atoms with van der Waals surface area (Å²) in [5.74, 6) is -0.864. The molecule has 0 aromatic carbocycles. The Bertz CT molecular complexity index is 545. The minimum Gasteiger partial charge on any atom is -0.481 e. The van der Waals surface area contributed by atoms with Crippen LogP contribution in [-0.2, 0) is 16.0 Å². The Labute approximate surface area is 140 Å². The van der Waals surface area contributed by atoms with Crippen molar-refractivity contribution in [2.24, 2.45) is 0 Å². The maximum atomic E-state index is 12.0. The second-order valence-electron chi connectivity index (χ2n) is 7.00. The number of rotatable bonds is 6. The van der Waals surface area contributed by atoms with Gasteiger partial charge in [0.1, 0.15) is 5.60 Å².